The van der Waals surface area contributed by atoms with Crippen molar-refractivity contribution in [2.75, 3.05) is 12.8 Å². The Kier molecular flexibility index (Phi) is 4.84. The Morgan fingerprint density at radius 3 is 2.71 bits per heavy atom. The highest BCUT2D eigenvalue weighted by Crippen LogP contribution is 2.11. The summed E-state index contributed by atoms with van der Waals surface area (Å²) in [5.74, 6) is 1.18. The largest absolute Gasteiger partial charge is 0.304 e. The summed E-state index contributed by atoms with van der Waals surface area (Å²) in [5.41, 5.74) is 0. The first-order chi connectivity index (χ1) is 7.81. The average Bonchev–Trinajstić information content (AvgIpc) is 2.53. The summed E-state index contributed by atoms with van der Waals surface area (Å²) in [6.45, 7) is 5.14. The van der Waals surface area contributed by atoms with Gasteiger partial charge in [0, 0.05) is 19.0 Å². The lowest BCUT2D eigenvalue weighted by Crippen LogP contribution is -2.24. The fourth-order valence-corrected chi connectivity index (χ4v) is 2.23. The van der Waals surface area contributed by atoms with Gasteiger partial charge in [-0.1, -0.05) is 13.8 Å². The van der Waals surface area contributed by atoms with E-state index in [1.54, 1.807) is 0 Å². The molecular weight excluding hydrogens is 260 g/mol. The molecule has 1 aromatic heterocycles. The van der Waals surface area contributed by atoms with Crippen molar-refractivity contribution < 1.29 is 8.42 Å². The van der Waals surface area contributed by atoms with Gasteiger partial charge < -0.3 is 4.57 Å². The highest BCUT2D eigenvalue weighted by Gasteiger charge is 2.09. The van der Waals surface area contributed by atoms with E-state index in [2.05, 4.69) is 14.9 Å². The molecule has 0 radical (unpaired) electrons. The molecule has 98 valence electrons. The summed E-state index contributed by atoms with van der Waals surface area (Å²) < 4.78 is 26.7. The molecule has 0 unspecified atom stereocenters. The van der Waals surface area contributed by atoms with Gasteiger partial charge in [0.05, 0.1) is 6.26 Å². The lowest BCUT2D eigenvalue weighted by molar-refractivity contribution is 0.560. The van der Waals surface area contributed by atoms with E-state index in [1.807, 2.05) is 18.4 Å². The van der Waals surface area contributed by atoms with Crippen LogP contribution in [0.3, 0.4) is 0 Å². The molecule has 1 aromatic rings. The molecule has 0 aromatic carbocycles. The molecule has 0 saturated carbocycles. The van der Waals surface area contributed by atoms with E-state index >= 15 is 0 Å². The number of hydrogen-bond acceptors (Lipinski definition) is 4. The minimum Gasteiger partial charge on any atom is -0.304 e. The Balaban J connectivity index is 2.58. The van der Waals surface area contributed by atoms with Crippen LogP contribution in [0, 0.1) is 4.77 Å². The number of nitrogens with zero attached hydrogens (tertiary/aromatic N) is 2. The van der Waals surface area contributed by atoms with Crippen molar-refractivity contribution in [2.24, 2.45) is 0 Å². The second kappa shape index (κ2) is 5.74. The van der Waals surface area contributed by atoms with Crippen molar-refractivity contribution in [1.29, 1.82) is 0 Å². The van der Waals surface area contributed by atoms with Crippen LogP contribution in [0.1, 0.15) is 32.0 Å². The van der Waals surface area contributed by atoms with Crippen molar-refractivity contribution in [2.45, 2.75) is 32.7 Å². The van der Waals surface area contributed by atoms with Crippen LogP contribution >= 0.6 is 12.2 Å². The standard InChI is InChI=1S/C9H18N4O2S2/c1-7(2)8-11-12-9(16)13(8)6-4-5-10-17(3,14)15/h7,10H,4-6H2,1-3H3,(H,12,16). The van der Waals surface area contributed by atoms with Crippen LogP contribution in [0.2, 0.25) is 0 Å². The maximum absolute atomic E-state index is 10.9. The molecule has 8 heteroatoms. The first-order valence-electron chi connectivity index (χ1n) is 5.41. The van der Waals surface area contributed by atoms with Gasteiger partial charge >= 0.3 is 0 Å². The Morgan fingerprint density at radius 1 is 1.53 bits per heavy atom. The Labute approximate surface area is 106 Å². The molecule has 0 aliphatic carbocycles. The number of aromatic nitrogens is 3. The minimum atomic E-state index is -3.11. The van der Waals surface area contributed by atoms with E-state index in [0.29, 0.717) is 24.3 Å². The monoisotopic (exact) mass is 278 g/mol. The van der Waals surface area contributed by atoms with E-state index in [9.17, 15) is 8.42 Å². The molecule has 0 spiro atoms. The Morgan fingerprint density at radius 2 is 2.18 bits per heavy atom. The first kappa shape index (κ1) is 14.3. The molecule has 0 aliphatic rings. The van der Waals surface area contributed by atoms with Crippen LogP contribution in [-0.4, -0.2) is 36.0 Å². The molecule has 0 amide bonds. The summed E-state index contributed by atoms with van der Waals surface area (Å²) in [5, 5.41) is 6.90. The van der Waals surface area contributed by atoms with Crippen molar-refractivity contribution in [3.8, 4) is 0 Å². The number of rotatable bonds is 6. The van der Waals surface area contributed by atoms with Crippen LogP contribution in [0.4, 0.5) is 0 Å². The van der Waals surface area contributed by atoms with Gasteiger partial charge in [0.25, 0.3) is 0 Å². The van der Waals surface area contributed by atoms with Crippen molar-refractivity contribution in [3.63, 3.8) is 0 Å². The van der Waals surface area contributed by atoms with E-state index in [-0.39, 0.29) is 5.92 Å². The van der Waals surface area contributed by atoms with Crippen LogP contribution in [0.25, 0.3) is 0 Å². The molecule has 1 rings (SSSR count). The number of H-pyrrole nitrogens is 1. The molecule has 0 fully saturated rings. The topological polar surface area (TPSA) is 79.8 Å². The lowest BCUT2D eigenvalue weighted by atomic mass is 10.2. The van der Waals surface area contributed by atoms with Crippen molar-refractivity contribution >= 4 is 22.2 Å². The van der Waals surface area contributed by atoms with Gasteiger partial charge in [-0.05, 0) is 18.6 Å². The summed E-state index contributed by atoms with van der Waals surface area (Å²) in [6, 6.07) is 0. The van der Waals surface area contributed by atoms with E-state index in [0.717, 1.165) is 12.1 Å². The zero-order valence-electron chi connectivity index (χ0n) is 10.2. The van der Waals surface area contributed by atoms with Gasteiger partial charge in [-0.2, -0.15) is 5.10 Å². The average molecular weight is 278 g/mol. The fraction of sp³-hybridized carbons (Fsp3) is 0.778. The lowest BCUT2D eigenvalue weighted by Gasteiger charge is -2.09. The zero-order chi connectivity index (χ0) is 13.1. The second-order valence-electron chi connectivity index (χ2n) is 4.21. The highest BCUT2D eigenvalue weighted by atomic mass is 32.2. The highest BCUT2D eigenvalue weighted by molar-refractivity contribution is 7.88. The Bertz CT molecular complexity index is 515. The molecule has 0 bridgehead atoms. The minimum absolute atomic E-state index is 0.283. The number of hydrogen-bond donors (Lipinski definition) is 2. The molecule has 1 heterocycles. The van der Waals surface area contributed by atoms with Crippen molar-refractivity contribution in [1.82, 2.24) is 19.5 Å². The van der Waals surface area contributed by atoms with Crippen LogP contribution < -0.4 is 4.72 Å². The van der Waals surface area contributed by atoms with Gasteiger partial charge in [0.15, 0.2) is 4.77 Å². The molecule has 6 nitrogen and oxygen atoms in total. The smallest absolute Gasteiger partial charge is 0.208 e. The summed E-state index contributed by atoms with van der Waals surface area (Å²) in [7, 11) is -3.11. The molecule has 17 heavy (non-hydrogen) atoms. The summed E-state index contributed by atoms with van der Waals surface area (Å²) >= 11 is 5.12. The van der Waals surface area contributed by atoms with Gasteiger partial charge in [-0.15, -0.1) is 0 Å². The van der Waals surface area contributed by atoms with Crippen LogP contribution in [-0.2, 0) is 16.6 Å². The molecule has 0 saturated heterocycles. The molecule has 0 atom stereocenters. The predicted octanol–water partition coefficient (Wildman–Crippen LogP) is 1.00. The maximum atomic E-state index is 10.9. The van der Waals surface area contributed by atoms with Gasteiger partial charge in [0.1, 0.15) is 5.82 Å². The third kappa shape index (κ3) is 4.57. The molecule has 0 aliphatic heterocycles. The van der Waals surface area contributed by atoms with Gasteiger partial charge in [0.2, 0.25) is 10.0 Å². The predicted molar refractivity (Wildman–Crippen MR) is 69.0 cm³/mol. The Hall–Kier alpha value is -0.730. The van der Waals surface area contributed by atoms with Crippen molar-refractivity contribution in [3.05, 3.63) is 10.6 Å². The van der Waals surface area contributed by atoms with E-state index in [1.165, 1.54) is 0 Å². The summed E-state index contributed by atoms with van der Waals surface area (Å²) in [4.78, 5) is 0. The van der Waals surface area contributed by atoms with E-state index < -0.39 is 10.0 Å². The molecule has 2 N–H and O–H groups in total. The number of sulfonamides is 1. The number of nitrogens with one attached hydrogen (secondary N) is 2. The zero-order valence-corrected chi connectivity index (χ0v) is 11.9. The maximum Gasteiger partial charge on any atom is 0.208 e. The molecular formula is C9H18N4O2S2. The normalized spacial score (nSPS) is 12.2. The van der Waals surface area contributed by atoms with E-state index in [4.69, 9.17) is 12.2 Å². The van der Waals surface area contributed by atoms with Crippen LogP contribution in [0.5, 0.6) is 0 Å². The van der Waals surface area contributed by atoms with Crippen LogP contribution in [0.15, 0.2) is 0 Å². The van der Waals surface area contributed by atoms with Gasteiger partial charge in [-0.25, -0.2) is 13.1 Å². The third-order valence-corrected chi connectivity index (χ3v) is 3.27. The number of aromatic amines is 1. The first-order valence-corrected chi connectivity index (χ1v) is 7.71. The fourth-order valence-electron chi connectivity index (χ4n) is 1.48. The quantitative estimate of drug-likeness (QED) is 0.601. The second-order valence-corrected chi connectivity index (χ2v) is 6.43. The summed E-state index contributed by atoms with van der Waals surface area (Å²) in [6.07, 6.45) is 1.83. The third-order valence-electron chi connectivity index (χ3n) is 2.23. The SMILES string of the molecule is CC(C)c1n[nH]c(=S)n1CCCNS(C)(=O)=O. The van der Waals surface area contributed by atoms with Gasteiger partial charge in [-0.3, -0.25) is 5.10 Å².